The predicted octanol–water partition coefficient (Wildman–Crippen LogP) is 5.33. The molecule has 2 heterocycles. The average Bonchev–Trinajstić information content (AvgIpc) is 3.36. The first-order valence-corrected chi connectivity index (χ1v) is 12.6. The van der Waals surface area contributed by atoms with E-state index in [2.05, 4.69) is 66.7 Å². The van der Waals surface area contributed by atoms with Crippen molar-refractivity contribution in [3.8, 4) is 11.3 Å². The molecule has 0 N–H and O–H groups in total. The van der Waals surface area contributed by atoms with Gasteiger partial charge in [-0.2, -0.15) is 0 Å². The van der Waals surface area contributed by atoms with Gasteiger partial charge < -0.3 is 4.57 Å². The van der Waals surface area contributed by atoms with Crippen molar-refractivity contribution in [1.82, 2.24) is 19.2 Å². The van der Waals surface area contributed by atoms with E-state index in [1.807, 2.05) is 4.40 Å². The minimum absolute atomic E-state index is 0.0576. The van der Waals surface area contributed by atoms with Gasteiger partial charge in [-0.15, -0.1) is 10.2 Å². The van der Waals surface area contributed by atoms with Gasteiger partial charge in [0.2, 0.25) is 5.78 Å². The van der Waals surface area contributed by atoms with Crippen LogP contribution in [0.2, 0.25) is 0 Å². The first-order valence-electron chi connectivity index (χ1n) is 11.6. The molecule has 1 saturated carbocycles. The summed E-state index contributed by atoms with van der Waals surface area (Å²) < 4.78 is 4.12. The standard InChI is InChI=1S/C25H32N4OS/c1-16(2)14-28-21-19-10-6-5-9-18(19)13-25(11-7-8-12-25)20(21)22(30)29-23(28)26-27-24(29)31-15-17(3)4/h5-6,9-10,16-17H,7-8,11-15H2,1-4H3. The van der Waals surface area contributed by atoms with Crippen molar-refractivity contribution in [1.29, 1.82) is 0 Å². The van der Waals surface area contributed by atoms with Crippen LogP contribution in [0.4, 0.5) is 0 Å². The normalized spacial score (nSPS) is 17.1. The van der Waals surface area contributed by atoms with Gasteiger partial charge in [0.05, 0.1) is 5.69 Å². The lowest BCUT2D eigenvalue weighted by molar-refractivity contribution is 0.417. The molecule has 31 heavy (non-hydrogen) atoms. The molecule has 0 amide bonds. The zero-order valence-electron chi connectivity index (χ0n) is 19.0. The Labute approximate surface area is 188 Å². The van der Waals surface area contributed by atoms with E-state index in [0.29, 0.717) is 17.6 Å². The second-order valence-corrected chi connectivity index (χ2v) is 11.2. The molecule has 2 aromatic heterocycles. The highest BCUT2D eigenvalue weighted by Gasteiger charge is 2.45. The Morgan fingerprint density at radius 1 is 1.06 bits per heavy atom. The van der Waals surface area contributed by atoms with E-state index in [-0.39, 0.29) is 11.0 Å². The van der Waals surface area contributed by atoms with Gasteiger partial charge in [0.1, 0.15) is 0 Å². The smallest absolute Gasteiger partial charge is 0.265 e. The summed E-state index contributed by atoms with van der Waals surface area (Å²) in [6, 6.07) is 8.67. The fraction of sp³-hybridized carbons (Fsp3) is 0.560. The van der Waals surface area contributed by atoms with E-state index in [0.717, 1.165) is 48.0 Å². The molecule has 2 aliphatic rings. The molecule has 164 valence electrons. The quantitative estimate of drug-likeness (QED) is 0.507. The number of rotatable bonds is 5. The Bertz CT molecular complexity index is 1180. The van der Waals surface area contributed by atoms with Crippen LogP contribution in [-0.4, -0.2) is 24.9 Å². The number of benzene rings is 1. The first kappa shape index (κ1) is 20.8. The number of aromatic nitrogens is 4. The van der Waals surface area contributed by atoms with Crippen LogP contribution < -0.4 is 5.56 Å². The van der Waals surface area contributed by atoms with E-state index >= 15 is 0 Å². The van der Waals surface area contributed by atoms with E-state index < -0.39 is 0 Å². The zero-order chi connectivity index (χ0) is 21.8. The number of fused-ring (bicyclic) bond motifs is 5. The Kier molecular flexibility index (Phi) is 5.24. The van der Waals surface area contributed by atoms with E-state index in [4.69, 9.17) is 0 Å². The topological polar surface area (TPSA) is 52.2 Å². The van der Waals surface area contributed by atoms with Gasteiger partial charge in [0.15, 0.2) is 5.16 Å². The molecule has 0 saturated heterocycles. The molecule has 6 heteroatoms. The maximum absolute atomic E-state index is 14.2. The molecular formula is C25H32N4OS. The number of hydrogen-bond donors (Lipinski definition) is 0. The summed E-state index contributed by atoms with van der Waals surface area (Å²) in [5.41, 5.74) is 4.74. The third kappa shape index (κ3) is 3.34. The average molecular weight is 437 g/mol. The van der Waals surface area contributed by atoms with Gasteiger partial charge in [-0.05, 0) is 36.7 Å². The number of thioether (sulfide) groups is 1. The van der Waals surface area contributed by atoms with E-state index in [1.54, 1.807) is 11.8 Å². The fourth-order valence-electron chi connectivity index (χ4n) is 5.53. The van der Waals surface area contributed by atoms with Crippen molar-refractivity contribution >= 4 is 17.5 Å². The highest BCUT2D eigenvalue weighted by Crippen LogP contribution is 2.50. The van der Waals surface area contributed by atoms with Crippen molar-refractivity contribution in [2.75, 3.05) is 5.75 Å². The van der Waals surface area contributed by atoms with Crippen molar-refractivity contribution in [3.63, 3.8) is 0 Å². The molecule has 5 rings (SSSR count). The summed E-state index contributed by atoms with van der Waals surface area (Å²) in [5.74, 6) is 2.58. The Balaban J connectivity index is 1.87. The van der Waals surface area contributed by atoms with Gasteiger partial charge >= 0.3 is 0 Å². The maximum Gasteiger partial charge on any atom is 0.265 e. The minimum atomic E-state index is -0.0576. The largest absolute Gasteiger partial charge is 0.309 e. The van der Waals surface area contributed by atoms with Crippen molar-refractivity contribution < 1.29 is 0 Å². The van der Waals surface area contributed by atoms with Gasteiger partial charge in [-0.25, -0.2) is 4.40 Å². The molecule has 0 bridgehead atoms. The molecular weight excluding hydrogens is 404 g/mol. The molecule has 3 aromatic rings. The van der Waals surface area contributed by atoms with Crippen LogP contribution in [0.5, 0.6) is 0 Å². The minimum Gasteiger partial charge on any atom is -0.309 e. The lowest BCUT2D eigenvalue weighted by Crippen LogP contribution is -2.40. The predicted molar refractivity (Wildman–Crippen MR) is 127 cm³/mol. The Hall–Kier alpha value is -2.08. The van der Waals surface area contributed by atoms with E-state index in [9.17, 15) is 4.79 Å². The molecule has 2 aliphatic carbocycles. The van der Waals surface area contributed by atoms with Gasteiger partial charge in [-0.3, -0.25) is 4.79 Å². The fourth-order valence-corrected chi connectivity index (χ4v) is 6.41. The summed E-state index contributed by atoms with van der Waals surface area (Å²) in [6.45, 7) is 9.67. The number of hydrogen-bond acceptors (Lipinski definition) is 4. The maximum atomic E-state index is 14.2. The summed E-state index contributed by atoms with van der Waals surface area (Å²) in [6.07, 6.45) is 5.54. The van der Waals surface area contributed by atoms with Crippen molar-refractivity contribution in [2.45, 2.75) is 76.9 Å². The lowest BCUT2D eigenvalue weighted by Gasteiger charge is -2.38. The lowest BCUT2D eigenvalue weighted by atomic mass is 9.68. The monoisotopic (exact) mass is 436 g/mol. The zero-order valence-corrected chi connectivity index (χ0v) is 19.8. The molecule has 0 unspecified atom stereocenters. The molecule has 1 aromatic carbocycles. The summed E-state index contributed by atoms with van der Waals surface area (Å²) in [7, 11) is 0. The van der Waals surface area contributed by atoms with Crippen LogP contribution in [0.15, 0.2) is 34.2 Å². The van der Waals surface area contributed by atoms with Gasteiger partial charge in [0, 0.05) is 28.8 Å². The third-order valence-corrected chi connectivity index (χ3v) is 8.12. The Morgan fingerprint density at radius 2 is 1.81 bits per heavy atom. The van der Waals surface area contributed by atoms with Crippen LogP contribution >= 0.6 is 11.8 Å². The second kappa shape index (κ2) is 7.80. The second-order valence-electron chi connectivity index (χ2n) is 10.2. The molecule has 5 nitrogen and oxygen atoms in total. The van der Waals surface area contributed by atoms with Crippen molar-refractivity contribution in [2.24, 2.45) is 11.8 Å². The summed E-state index contributed by atoms with van der Waals surface area (Å²) in [4.78, 5) is 14.2. The van der Waals surface area contributed by atoms with Crippen LogP contribution in [-0.2, 0) is 18.4 Å². The van der Waals surface area contributed by atoms with Crippen LogP contribution in [0.3, 0.4) is 0 Å². The van der Waals surface area contributed by atoms with Crippen LogP contribution in [0.1, 0.15) is 64.5 Å². The number of nitrogens with zero attached hydrogens (tertiary/aromatic N) is 4. The molecule has 0 atom stereocenters. The molecule has 1 spiro atoms. The van der Waals surface area contributed by atoms with Crippen LogP contribution in [0.25, 0.3) is 17.0 Å². The first-order chi connectivity index (χ1) is 14.9. The highest BCUT2D eigenvalue weighted by molar-refractivity contribution is 7.99. The van der Waals surface area contributed by atoms with Crippen molar-refractivity contribution in [3.05, 3.63) is 45.7 Å². The van der Waals surface area contributed by atoms with Crippen LogP contribution in [0, 0.1) is 11.8 Å². The third-order valence-electron chi connectivity index (χ3n) is 6.77. The SMILES string of the molecule is CC(C)CSc1nnc2n(CC(C)C)c3c(c(=O)n12)C1(CCCC1)Cc1ccccc1-3. The molecule has 0 radical (unpaired) electrons. The van der Waals surface area contributed by atoms with Gasteiger partial charge in [0.25, 0.3) is 5.56 Å². The highest BCUT2D eigenvalue weighted by atomic mass is 32.2. The van der Waals surface area contributed by atoms with Gasteiger partial charge in [-0.1, -0.05) is 76.6 Å². The molecule has 0 aliphatic heterocycles. The Morgan fingerprint density at radius 3 is 2.52 bits per heavy atom. The summed E-state index contributed by atoms with van der Waals surface area (Å²) >= 11 is 1.65. The van der Waals surface area contributed by atoms with E-state index in [1.165, 1.54) is 24.0 Å². The molecule has 1 fully saturated rings. The summed E-state index contributed by atoms with van der Waals surface area (Å²) in [5, 5.41) is 9.79.